The fourth-order valence-electron chi connectivity index (χ4n) is 3.78. The van der Waals surface area contributed by atoms with Gasteiger partial charge >= 0.3 is 0 Å². The summed E-state index contributed by atoms with van der Waals surface area (Å²) in [7, 11) is 0. The van der Waals surface area contributed by atoms with Crippen molar-refractivity contribution < 1.29 is 4.42 Å². The van der Waals surface area contributed by atoms with Crippen LogP contribution in [0.5, 0.6) is 0 Å². The van der Waals surface area contributed by atoms with Gasteiger partial charge in [-0.1, -0.05) is 0 Å². The fourth-order valence-corrected chi connectivity index (χ4v) is 3.78. The number of rotatable bonds is 3. The summed E-state index contributed by atoms with van der Waals surface area (Å²) in [6, 6.07) is 5.15. The molecule has 3 aliphatic rings. The Labute approximate surface area is 109 Å². The lowest BCUT2D eigenvalue weighted by atomic mass is 10.0. The molecule has 3 nitrogen and oxygen atoms in total. The molecule has 0 bridgehead atoms. The van der Waals surface area contributed by atoms with Gasteiger partial charge in [-0.15, -0.1) is 0 Å². The number of aryl methyl sites for hydroxylation is 1. The predicted molar refractivity (Wildman–Crippen MR) is 70.3 cm³/mol. The normalized spacial score (nSPS) is 33.2. The number of nitrogens with zero attached hydrogens (tertiary/aromatic N) is 2. The second kappa shape index (κ2) is 4.10. The summed E-state index contributed by atoms with van der Waals surface area (Å²) in [5, 5.41) is 0. The van der Waals surface area contributed by atoms with E-state index in [0.29, 0.717) is 0 Å². The van der Waals surface area contributed by atoms with Crippen molar-refractivity contribution in [3.8, 4) is 0 Å². The van der Waals surface area contributed by atoms with Crippen LogP contribution in [0, 0.1) is 18.8 Å². The average Bonchev–Trinajstić information content (AvgIpc) is 2.84. The topological polar surface area (TPSA) is 19.6 Å². The van der Waals surface area contributed by atoms with E-state index in [4.69, 9.17) is 4.42 Å². The molecule has 1 aromatic rings. The van der Waals surface area contributed by atoms with Gasteiger partial charge in [0.1, 0.15) is 11.5 Å². The largest absolute Gasteiger partial charge is 0.465 e. The van der Waals surface area contributed by atoms with Crippen molar-refractivity contribution in [2.45, 2.75) is 32.4 Å². The van der Waals surface area contributed by atoms with E-state index in [1.165, 1.54) is 39.0 Å². The van der Waals surface area contributed by atoms with Crippen LogP contribution in [0.25, 0.3) is 0 Å². The molecule has 0 amide bonds. The van der Waals surface area contributed by atoms with Crippen LogP contribution >= 0.6 is 0 Å². The van der Waals surface area contributed by atoms with Crippen LogP contribution in [0.1, 0.15) is 24.4 Å². The molecule has 1 aromatic heterocycles. The average molecular weight is 246 g/mol. The molecule has 18 heavy (non-hydrogen) atoms. The van der Waals surface area contributed by atoms with Crippen molar-refractivity contribution >= 4 is 0 Å². The van der Waals surface area contributed by atoms with E-state index in [1.807, 2.05) is 6.92 Å². The Hall–Kier alpha value is -0.800. The zero-order valence-corrected chi connectivity index (χ0v) is 11.1. The van der Waals surface area contributed by atoms with E-state index < -0.39 is 0 Å². The molecule has 2 saturated heterocycles. The van der Waals surface area contributed by atoms with Crippen LogP contribution in [0.2, 0.25) is 0 Å². The van der Waals surface area contributed by atoms with Gasteiger partial charge in [0.15, 0.2) is 0 Å². The van der Waals surface area contributed by atoms with Gasteiger partial charge in [0.25, 0.3) is 0 Å². The molecule has 4 rings (SSSR count). The maximum Gasteiger partial charge on any atom is 0.118 e. The van der Waals surface area contributed by atoms with Gasteiger partial charge in [0.05, 0.1) is 6.54 Å². The third-order valence-corrected chi connectivity index (χ3v) is 4.83. The minimum absolute atomic E-state index is 0.918. The fraction of sp³-hybridized carbons (Fsp3) is 0.733. The van der Waals surface area contributed by atoms with Crippen LogP contribution in [0.4, 0.5) is 0 Å². The summed E-state index contributed by atoms with van der Waals surface area (Å²) in [5.74, 6) is 4.00. The standard InChI is InChI=1S/C15H22N2O/c1-11-2-5-15(18-11)10-16-6-12-8-17(14-3-4-14)9-13(12)7-16/h2,5,12-14H,3-4,6-10H2,1H3. The SMILES string of the molecule is Cc1ccc(CN2CC3CN(C4CC4)CC3C2)o1. The highest BCUT2D eigenvalue weighted by Crippen LogP contribution is 2.38. The molecule has 3 fully saturated rings. The molecule has 0 radical (unpaired) electrons. The third-order valence-electron chi connectivity index (χ3n) is 4.83. The number of furan rings is 1. The van der Waals surface area contributed by atoms with E-state index in [9.17, 15) is 0 Å². The summed E-state index contributed by atoms with van der Waals surface area (Å²) in [4.78, 5) is 5.32. The molecule has 1 saturated carbocycles. The number of hydrogen-bond donors (Lipinski definition) is 0. The van der Waals surface area contributed by atoms with Gasteiger partial charge in [-0.25, -0.2) is 0 Å². The molecular weight excluding hydrogens is 224 g/mol. The molecule has 3 heterocycles. The van der Waals surface area contributed by atoms with Gasteiger partial charge in [0, 0.05) is 32.2 Å². The van der Waals surface area contributed by atoms with Gasteiger partial charge < -0.3 is 4.42 Å². The van der Waals surface area contributed by atoms with Gasteiger partial charge in [-0.05, 0) is 43.7 Å². The molecule has 0 aromatic carbocycles. The van der Waals surface area contributed by atoms with Crippen LogP contribution in [0.15, 0.2) is 16.5 Å². The number of hydrogen-bond acceptors (Lipinski definition) is 3. The first-order chi connectivity index (χ1) is 8.78. The van der Waals surface area contributed by atoms with Crippen LogP contribution < -0.4 is 0 Å². The third kappa shape index (κ3) is 1.99. The Bertz CT molecular complexity index is 423. The minimum atomic E-state index is 0.918. The monoisotopic (exact) mass is 246 g/mol. The Balaban J connectivity index is 1.35. The van der Waals surface area contributed by atoms with Crippen LogP contribution in [-0.2, 0) is 6.54 Å². The summed E-state index contributed by atoms with van der Waals surface area (Å²) in [6.07, 6.45) is 2.91. The molecule has 2 aliphatic heterocycles. The Kier molecular flexibility index (Phi) is 2.52. The van der Waals surface area contributed by atoms with Gasteiger partial charge in [0.2, 0.25) is 0 Å². The molecule has 1 aliphatic carbocycles. The molecule has 3 heteroatoms. The second-order valence-corrected chi connectivity index (χ2v) is 6.41. The van der Waals surface area contributed by atoms with Gasteiger partial charge in [-0.2, -0.15) is 0 Å². The lowest BCUT2D eigenvalue weighted by Gasteiger charge is -2.20. The van der Waals surface area contributed by atoms with E-state index in [1.54, 1.807) is 0 Å². The molecule has 98 valence electrons. The zero-order valence-electron chi connectivity index (χ0n) is 11.1. The Morgan fingerprint density at radius 2 is 1.83 bits per heavy atom. The van der Waals surface area contributed by atoms with E-state index in [0.717, 1.165) is 35.9 Å². The van der Waals surface area contributed by atoms with Crippen molar-refractivity contribution in [3.63, 3.8) is 0 Å². The highest BCUT2D eigenvalue weighted by atomic mass is 16.3. The number of likely N-dealkylation sites (tertiary alicyclic amines) is 2. The molecule has 0 N–H and O–H groups in total. The summed E-state index contributed by atoms with van der Waals surface area (Å²) in [5.41, 5.74) is 0. The lowest BCUT2D eigenvalue weighted by molar-refractivity contribution is 0.233. The predicted octanol–water partition coefficient (Wildman–Crippen LogP) is 2.11. The van der Waals surface area contributed by atoms with Gasteiger partial charge in [-0.3, -0.25) is 9.80 Å². The first-order valence-corrected chi connectivity index (χ1v) is 7.29. The van der Waals surface area contributed by atoms with E-state index in [-0.39, 0.29) is 0 Å². The van der Waals surface area contributed by atoms with E-state index in [2.05, 4.69) is 21.9 Å². The zero-order chi connectivity index (χ0) is 12.1. The van der Waals surface area contributed by atoms with Crippen LogP contribution in [0.3, 0.4) is 0 Å². The lowest BCUT2D eigenvalue weighted by Crippen LogP contribution is -2.29. The smallest absolute Gasteiger partial charge is 0.118 e. The maximum atomic E-state index is 5.68. The molecule has 2 atom stereocenters. The second-order valence-electron chi connectivity index (χ2n) is 6.41. The number of fused-ring (bicyclic) bond motifs is 1. The molecular formula is C15H22N2O. The summed E-state index contributed by atoms with van der Waals surface area (Å²) < 4.78 is 5.68. The highest BCUT2D eigenvalue weighted by molar-refractivity contribution is 5.06. The van der Waals surface area contributed by atoms with Crippen molar-refractivity contribution in [2.75, 3.05) is 26.2 Å². The van der Waals surface area contributed by atoms with E-state index >= 15 is 0 Å². The maximum absolute atomic E-state index is 5.68. The Morgan fingerprint density at radius 3 is 2.39 bits per heavy atom. The first kappa shape index (κ1) is 11.1. The van der Waals surface area contributed by atoms with Crippen molar-refractivity contribution in [1.29, 1.82) is 0 Å². The van der Waals surface area contributed by atoms with Crippen molar-refractivity contribution in [1.82, 2.24) is 9.80 Å². The highest BCUT2D eigenvalue weighted by Gasteiger charge is 2.44. The summed E-state index contributed by atoms with van der Waals surface area (Å²) in [6.45, 7) is 8.27. The van der Waals surface area contributed by atoms with Crippen molar-refractivity contribution in [3.05, 3.63) is 23.7 Å². The van der Waals surface area contributed by atoms with Crippen LogP contribution in [-0.4, -0.2) is 42.0 Å². The minimum Gasteiger partial charge on any atom is -0.465 e. The molecule has 2 unspecified atom stereocenters. The Morgan fingerprint density at radius 1 is 1.11 bits per heavy atom. The summed E-state index contributed by atoms with van der Waals surface area (Å²) >= 11 is 0. The van der Waals surface area contributed by atoms with Crippen molar-refractivity contribution in [2.24, 2.45) is 11.8 Å². The first-order valence-electron chi connectivity index (χ1n) is 7.29. The quantitative estimate of drug-likeness (QED) is 0.814. The molecule has 0 spiro atoms.